The van der Waals surface area contributed by atoms with Crippen molar-refractivity contribution in [1.82, 2.24) is 4.98 Å². The number of anilines is 1. The van der Waals surface area contributed by atoms with Gasteiger partial charge in [0.15, 0.2) is 0 Å². The van der Waals surface area contributed by atoms with Crippen molar-refractivity contribution < 1.29 is 17.9 Å². The fraction of sp³-hybridized carbons (Fsp3) is 0.0476. The van der Waals surface area contributed by atoms with Crippen molar-refractivity contribution >= 4 is 34.3 Å². The van der Waals surface area contributed by atoms with Crippen LogP contribution in [-0.4, -0.2) is 26.9 Å². The molecular formula is C21H18N2O4S. The molecule has 0 N–H and O–H groups in total. The Bertz CT molecular complexity index is 1080. The minimum absolute atomic E-state index is 0.00619. The minimum Gasteiger partial charge on any atom is -0.497 e. The molecule has 0 fully saturated rings. The molecule has 6 nitrogen and oxygen atoms in total. The van der Waals surface area contributed by atoms with Gasteiger partial charge in [0.2, 0.25) is 6.41 Å². The zero-order valence-electron chi connectivity index (χ0n) is 15.1. The summed E-state index contributed by atoms with van der Waals surface area (Å²) in [4.78, 5) is 15.7. The third-order valence-electron chi connectivity index (χ3n) is 4.05. The number of carbonyl (C=O) groups is 1. The van der Waals surface area contributed by atoms with Gasteiger partial charge in [-0.25, -0.2) is 12.7 Å². The highest BCUT2D eigenvalue weighted by Crippen LogP contribution is 2.28. The van der Waals surface area contributed by atoms with E-state index < -0.39 is 10.0 Å². The maximum absolute atomic E-state index is 13.0. The predicted molar refractivity (Wildman–Crippen MR) is 108 cm³/mol. The maximum Gasteiger partial charge on any atom is 0.270 e. The summed E-state index contributed by atoms with van der Waals surface area (Å²) in [5.41, 5.74) is 1.75. The summed E-state index contributed by atoms with van der Waals surface area (Å²) in [6, 6.07) is 16.3. The molecule has 0 radical (unpaired) electrons. The highest BCUT2D eigenvalue weighted by atomic mass is 32.2. The third kappa shape index (κ3) is 4.10. The zero-order chi connectivity index (χ0) is 20.0. The van der Waals surface area contributed by atoms with Crippen LogP contribution in [0.15, 0.2) is 78.0 Å². The molecule has 0 aliphatic carbocycles. The monoisotopic (exact) mass is 394 g/mol. The quantitative estimate of drug-likeness (QED) is 0.572. The Kier molecular flexibility index (Phi) is 5.86. The molecule has 0 aliphatic rings. The lowest BCUT2D eigenvalue weighted by molar-refractivity contribution is -0.106. The molecule has 3 rings (SSSR count). The number of ether oxygens (including phenoxy) is 1. The Hall–Kier alpha value is -3.45. The summed E-state index contributed by atoms with van der Waals surface area (Å²) >= 11 is 0. The van der Waals surface area contributed by atoms with Crippen LogP contribution < -0.4 is 9.04 Å². The molecule has 0 spiro atoms. The summed E-state index contributed by atoms with van der Waals surface area (Å²) in [7, 11) is -2.58. The van der Waals surface area contributed by atoms with Crippen molar-refractivity contribution in [2.45, 2.75) is 4.90 Å². The van der Waals surface area contributed by atoms with Crippen LogP contribution >= 0.6 is 0 Å². The SMILES string of the molecule is COc1ccc(S(=O)(=O)N(C=O)c2ccccc2C=Cc2ccncc2)cc1. The number of hydrogen-bond acceptors (Lipinski definition) is 5. The molecule has 0 saturated carbocycles. The first-order valence-electron chi connectivity index (χ1n) is 8.37. The minimum atomic E-state index is -4.07. The molecule has 2 aromatic carbocycles. The van der Waals surface area contributed by atoms with Gasteiger partial charge >= 0.3 is 0 Å². The number of pyridine rings is 1. The first kappa shape index (κ1) is 19.3. The molecule has 1 amide bonds. The van der Waals surface area contributed by atoms with E-state index in [9.17, 15) is 13.2 Å². The molecule has 0 aliphatic heterocycles. The molecular weight excluding hydrogens is 376 g/mol. The van der Waals surface area contributed by atoms with E-state index in [-0.39, 0.29) is 10.6 Å². The number of para-hydroxylation sites is 1. The van der Waals surface area contributed by atoms with Crippen LogP contribution in [0.5, 0.6) is 5.75 Å². The van der Waals surface area contributed by atoms with E-state index in [1.165, 1.54) is 31.4 Å². The summed E-state index contributed by atoms with van der Waals surface area (Å²) < 4.78 is 31.8. The summed E-state index contributed by atoms with van der Waals surface area (Å²) in [6.07, 6.45) is 7.21. The Labute approximate surface area is 163 Å². The molecule has 28 heavy (non-hydrogen) atoms. The lowest BCUT2D eigenvalue weighted by atomic mass is 10.1. The fourth-order valence-corrected chi connectivity index (χ4v) is 3.84. The van der Waals surface area contributed by atoms with Gasteiger partial charge in [0.1, 0.15) is 5.75 Å². The number of rotatable bonds is 7. The Morgan fingerprint density at radius 1 is 0.929 bits per heavy atom. The molecule has 0 atom stereocenters. The standard InChI is InChI=1S/C21H18N2O4S/c1-27-19-8-10-20(11-9-19)28(25,26)23(16-24)21-5-3-2-4-18(21)7-6-17-12-14-22-15-13-17/h2-16H,1H3. The lowest BCUT2D eigenvalue weighted by Gasteiger charge is -2.20. The number of benzene rings is 2. The predicted octanol–water partition coefficient (Wildman–Crippen LogP) is 3.61. The van der Waals surface area contributed by atoms with Gasteiger partial charge in [-0.1, -0.05) is 30.4 Å². The second-order valence-corrected chi connectivity index (χ2v) is 7.57. The number of amides is 1. The van der Waals surface area contributed by atoms with Crippen molar-refractivity contribution in [3.05, 3.63) is 84.2 Å². The maximum atomic E-state index is 13.0. The van der Waals surface area contributed by atoms with Crippen LogP contribution in [0.1, 0.15) is 11.1 Å². The van der Waals surface area contributed by atoms with Crippen LogP contribution in [-0.2, 0) is 14.8 Å². The zero-order valence-corrected chi connectivity index (χ0v) is 15.9. The van der Waals surface area contributed by atoms with Gasteiger partial charge < -0.3 is 4.74 Å². The summed E-state index contributed by atoms with van der Waals surface area (Å²) in [5, 5.41) is 0. The Morgan fingerprint density at radius 2 is 1.61 bits per heavy atom. The number of carbonyl (C=O) groups excluding carboxylic acids is 1. The third-order valence-corrected chi connectivity index (χ3v) is 5.72. The molecule has 1 heterocycles. The van der Waals surface area contributed by atoms with Gasteiger partial charge in [-0.15, -0.1) is 0 Å². The lowest BCUT2D eigenvalue weighted by Crippen LogP contribution is -2.30. The van der Waals surface area contributed by atoms with Gasteiger partial charge in [0, 0.05) is 12.4 Å². The van der Waals surface area contributed by atoms with Gasteiger partial charge in [-0.2, -0.15) is 0 Å². The second-order valence-electron chi connectivity index (χ2n) is 5.75. The first-order valence-corrected chi connectivity index (χ1v) is 9.81. The van der Waals surface area contributed by atoms with E-state index >= 15 is 0 Å². The number of aromatic nitrogens is 1. The first-order chi connectivity index (χ1) is 13.6. The summed E-state index contributed by atoms with van der Waals surface area (Å²) in [6.45, 7) is 0. The molecule has 1 aromatic heterocycles. The topological polar surface area (TPSA) is 76.6 Å². The summed E-state index contributed by atoms with van der Waals surface area (Å²) in [5.74, 6) is 0.525. The van der Waals surface area contributed by atoms with Crippen LogP contribution in [0.3, 0.4) is 0 Å². The van der Waals surface area contributed by atoms with Crippen molar-refractivity contribution in [3.8, 4) is 5.75 Å². The Balaban J connectivity index is 2.00. The van der Waals surface area contributed by atoms with Crippen molar-refractivity contribution in [2.75, 3.05) is 11.4 Å². The second kappa shape index (κ2) is 8.49. The van der Waals surface area contributed by atoms with E-state index in [0.717, 1.165) is 9.87 Å². The van der Waals surface area contributed by atoms with Gasteiger partial charge in [-0.05, 0) is 53.6 Å². The average Bonchev–Trinajstić information content (AvgIpc) is 2.74. The highest BCUT2D eigenvalue weighted by molar-refractivity contribution is 7.93. The van der Waals surface area contributed by atoms with Crippen molar-refractivity contribution in [2.24, 2.45) is 0 Å². The number of nitrogens with zero attached hydrogens (tertiary/aromatic N) is 2. The Morgan fingerprint density at radius 3 is 2.25 bits per heavy atom. The molecule has 7 heteroatoms. The molecule has 0 bridgehead atoms. The van der Waals surface area contributed by atoms with E-state index in [1.54, 1.807) is 42.7 Å². The molecule has 0 unspecified atom stereocenters. The molecule has 3 aromatic rings. The van der Waals surface area contributed by atoms with Gasteiger partial charge in [-0.3, -0.25) is 9.78 Å². The number of hydrogen-bond donors (Lipinski definition) is 0. The van der Waals surface area contributed by atoms with Gasteiger partial charge in [0.05, 0.1) is 17.7 Å². The number of methoxy groups -OCH3 is 1. The van der Waals surface area contributed by atoms with E-state index in [4.69, 9.17) is 4.74 Å². The van der Waals surface area contributed by atoms with E-state index in [0.29, 0.717) is 17.7 Å². The van der Waals surface area contributed by atoms with Crippen molar-refractivity contribution in [3.63, 3.8) is 0 Å². The fourth-order valence-electron chi connectivity index (χ4n) is 2.59. The van der Waals surface area contributed by atoms with E-state index in [2.05, 4.69) is 4.98 Å². The highest BCUT2D eigenvalue weighted by Gasteiger charge is 2.26. The molecule has 0 saturated heterocycles. The van der Waals surface area contributed by atoms with Gasteiger partial charge in [0.25, 0.3) is 10.0 Å². The van der Waals surface area contributed by atoms with Crippen LogP contribution in [0.4, 0.5) is 5.69 Å². The van der Waals surface area contributed by atoms with E-state index in [1.807, 2.05) is 18.2 Å². The number of sulfonamides is 1. The van der Waals surface area contributed by atoms with Crippen molar-refractivity contribution in [1.29, 1.82) is 0 Å². The smallest absolute Gasteiger partial charge is 0.270 e. The van der Waals surface area contributed by atoms with Crippen LogP contribution in [0.2, 0.25) is 0 Å². The molecule has 142 valence electrons. The van der Waals surface area contributed by atoms with Crippen LogP contribution in [0, 0.1) is 0 Å². The average molecular weight is 394 g/mol. The van der Waals surface area contributed by atoms with Crippen LogP contribution in [0.25, 0.3) is 12.2 Å². The largest absolute Gasteiger partial charge is 0.497 e. The normalized spacial score (nSPS) is 11.3.